The van der Waals surface area contributed by atoms with Gasteiger partial charge in [0, 0.05) is 19.6 Å². The Balaban J connectivity index is 2.49. The summed E-state index contributed by atoms with van der Waals surface area (Å²) in [5.41, 5.74) is -6.81. The van der Waals surface area contributed by atoms with Crippen LogP contribution in [-0.2, 0) is 19.1 Å². The number of hydrogen-bond acceptors (Lipinski definition) is 5. The number of carbonyl (C=O) groups is 1. The molecule has 12 heteroatoms. The molecule has 0 aliphatic carbocycles. The van der Waals surface area contributed by atoms with Gasteiger partial charge in [-0.2, -0.15) is 21.6 Å². The minimum absolute atomic E-state index is 0.0892. The van der Waals surface area contributed by atoms with Crippen LogP contribution in [0.25, 0.3) is 0 Å². The molecule has 0 radical (unpaired) electrons. The van der Waals surface area contributed by atoms with Gasteiger partial charge in [0.25, 0.3) is 5.91 Å². The lowest BCUT2D eigenvalue weighted by atomic mass is 9.91. The quantitative estimate of drug-likeness (QED) is 0.415. The maximum Gasteiger partial charge on any atom is 0.534 e. The van der Waals surface area contributed by atoms with Crippen molar-refractivity contribution in [2.24, 2.45) is 0 Å². The van der Waals surface area contributed by atoms with Crippen LogP contribution in [0.5, 0.6) is 0 Å². The summed E-state index contributed by atoms with van der Waals surface area (Å²) in [5, 5.41) is 0. The molecule has 132 valence electrons. The van der Waals surface area contributed by atoms with Gasteiger partial charge in [-0.3, -0.25) is 9.46 Å². The van der Waals surface area contributed by atoms with E-state index in [-0.39, 0.29) is 18.5 Å². The van der Waals surface area contributed by atoms with E-state index in [0.29, 0.717) is 21.5 Å². The van der Waals surface area contributed by atoms with Crippen molar-refractivity contribution in [3.8, 4) is 0 Å². The Bertz CT molecular complexity index is 652. The number of rotatable bonds is 4. The molecule has 0 spiro atoms. The lowest BCUT2D eigenvalue weighted by Crippen LogP contribution is -2.60. The molecule has 23 heavy (non-hydrogen) atoms. The molecule has 1 saturated heterocycles. The number of nitrogens with zero attached hydrogens (tertiary/aromatic N) is 2. The monoisotopic (exact) mass is 392 g/mol. The zero-order valence-corrected chi connectivity index (χ0v) is 15.4. The molecule has 2 rings (SSSR count). The van der Waals surface area contributed by atoms with E-state index in [9.17, 15) is 26.4 Å². The second-order valence-corrected chi connectivity index (χ2v) is 8.53. The maximum absolute atomic E-state index is 12.7. The van der Waals surface area contributed by atoms with E-state index in [2.05, 4.69) is 13.1 Å². The Kier molecular flexibility index (Phi) is 5.04. The Morgan fingerprint density at radius 1 is 1.39 bits per heavy atom. The first-order chi connectivity index (χ1) is 10.5. The van der Waals surface area contributed by atoms with Crippen LogP contribution in [0, 0.1) is 0 Å². The largest absolute Gasteiger partial charge is 0.534 e. The van der Waals surface area contributed by atoms with Gasteiger partial charge in [-0.1, -0.05) is 15.9 Å². The molecule has 0 bridgehead atoms. The lowest BCUT2D eigenvalue weighted by molar-refractivity contribution is -0.132. The van der Waals surface area contributed by atoms with Gasteiger partial charge in [0.2, 0.25) is 0 Å². The van der Waals surface area contributed by atoms with Gasteiger partial charge in [-0.05, 0) is 21.8 Å². The highest BCUT2D eigenvalue weighted by molar-refractivity contribution is 8.01. The zero-order chi connectivity index (χ0) is 17.6. The normalized spacial score (nSPS) is 27.2. The molecular formula is C11H17F3N2O4P2S. The second kappa shape index (κ2) is 6.14. The highest BCUT2D eigenvalue weighted by Gasteiger charge is 2.57. The summed E-state index contributed by atoms with van der Waals surface area (Å²) >= 11 is 0. The maximum atomic E-state index is 12.7. The third kappa shape index (κ3) is 2.99. The fourth-order valence-electron chi connectivity index (χ4n) is 2.92. The van der Waals surface area contributed by atoms with Crippen molar-refractivity contribution in [3.63, 3.8) is 0 Å². The van der Waals surface area contributed by atoms with Crippen molar-refractivity contribution in [1.29, 1.82) is 0 Å². The topological polar surface area (TPSA) is 66.9 Å². The number of piperazine rings is 1. The summed E-state index contributed by atoms with van der Waals surface area (Å²) in [6.07, 6.45) is 0.254. The van der Waals surface area contributed by atoms with Crippen LogP contribution in [0.4, 0.5) is 13.2 Å². The van der Waals surface area contributed by atoms with Crippen molar-refractivity contribution in [2.45, 2.75) is 31.3 Å². The van der Waals surface area contributed by atoms with Crippen molar-refractivity contribution in [1.82, 2.24) is 9.57 Å². The van der Waals surface area contributed by atoms with Crippen molar-refractivity contribution in [2.75, 3.05) is 19.6 Å². The van der Waals surface area contributed by atoms with E-state index in [0.717, 1.165) is 0 Å². The smallest absolute Gasteiger partial charge is 0.377 e. The van der Waals surface area contributed by atoms with Crippen LogP contribution >= 0.6 is 17.3 Å². The zero-order valence-electron chi connectivity index (χ0n) is 12.5. The predicted octanol–water partition coefficient (Wildman–Crippen LogP) is 1.82. The molecule has 0 aromatic rings. The van der Waals surface area contributed by atoms with E-state index in [1.165, 1.54) is 11.8 Å². The molecule has 2 aliphatic heterocycles. The van der Waals surface area contributed by atoms with E-state index in [4.69, 9.17) is 0 Å². The molecule has 6 nitrogen and oxygen atoms in total. The van der Waals surface area contributed by atoms with Gasteiger partial charge < -0.3 is 9.08 Å². The van der Waals surface area contributed by atoms with Crippen LogP contribution in [0.2, 0.25) is 0 Å². The van der Waals surface area contributed by atoms with Crippen LogP contribution < -0.4 is 0 Å². The standard InChI is InChI=1S/C11H17F3N2O4P2S/c1-3-10-6-15(22-21)4-5-16(10)9(17)7(2)8(10)20-23(18,19)11(12,13)14/h22H,3-6,21H2,1-2H3. The van der Waals surface area contributed by atoms with Crippen LogP contribution in [-0.4, -0.2) is 54.6 Å². The van der Waals surface area contributed by atoms with Gasteiger partial charge in [-0.15, -0.1) is 0 Å². The van der Waals surface area contributed by atoms with E-state index in [1.807, 2.05) is 4.67 Å². The Hall–Kier alpha value is -0.430. The van der Waals surface area contributed by atoms with Gasteiger partial charge in [0.1, 0.15) is 5.54 Å². The first-order valence-corrected chi connectivity index (χ1v) is 10.9. The van der Waals surface area contributed by atoms with Gasteiger partial charge >= 0.3 is 15.6 Å². The fourth-order valence-corrected chi connectivity index (χ4v) is 4.76. The summed E-state index contributed by atoms with van der Waals surface area (Å²) < 4.78 is 67.2. The Labute approximate surface area is 136 Å². The fraction of sp³-hybridized carbons (Fsp3) is 0.727. The highest BCUT2D eigenvalue weighted by Crippen LogP contribution is 2.46. The van der Waals surface area contributed by atoms with Crippen molar-refractivity contribution >= 4 is 33.4 Å². The van der Waals surface area contributed by atoms with E-state index >= 15 is 0 Å². The summed E-state index contributed by atoms with van der Waals surface area (Å²) in [5.74, 6) is -0.888. The molecule has 0 saturated carbocycles. The number of alkyl halides is 3. The van der Waals surface area contributed by atoms with Gasteiger partial charge in [0.15, 0.2) is 5.76 Å². The molecule has 1 amide bonds. The second-order valence-electron chi connectivity index (χ2n) is 5.33. The third-order valence-electron chi connectivity index (χ3n) is 4.14. The minimum Gasteiger partial charge on any atom is -0.377 e. The molecule has 3 atom stereocenters. The van der Waals surface area contributed by atoms with E-state index in [1.54, 1.807) is 6.92 Å². The lowest BCUT2D eigenvalue weighted by Gasteiger charge is -2.46. The SMILES string of the molecule is CCC12CN(PP)CCN1C(=O)C(C)=C2OS(=O)(=O)C(F)(F)F. The number of fused-ring (bicyclic) bond motifs is 1. The summed E-state index contributed by atoms with van der Waals surface area (Å²) in [4.78, 5) is 13.8. The summed E-state index contributed by atoms with van der Waals surface area (Å²) in [7, 11) is -2.98. The first kappa shape index (κ1) is 18.9. The average Bonchev–Trinajstić information content (AvgIpc) is 2.68. The molecule has 0 aromatic carbocycles. The van der Waals surface area contributed by atoms with Crippen LogP contribution in [0.3, 0.4) is 0 Å². The van der Waals surface area contributed by atoms with Crippen LogP contribution in [0.1, 0.15) is 20.3 Å². The predicted molar refractivity (Wildman–Crippen MR) is 83.1 cm³/mol. The molecule has 3 unspecified atom stereocenters. The van der Waals surface area contributed by atoms with Crippen molar-refractivity contribution < 1.29 is 30.6 Å². The molecule has 1 fully saturated rings. The first-order valence-electron chi connectivity index (χ1n) is 6.75. The number of carbonyl (C=O) groups excluding carboxylic acids is 1. The van der Waals surface area contributed by atoms with Gasteiger partial charge in [0.05, 0.1) is 5.57 Å². The molecule has 0 N–H and O–H groups in total. The van der Waals surface area contributed by atoms with Crippen molar-refractivity contribution in [3.05, 3.63) is 11.3 Å². The number of halogens is 3. The van der Waals surface area contributed by atoms with E-state index < -0.39 is 32.8 Å². The minimum atomic E-state index is -5.82. The average molecular weight is 392 g/mol. The van der Waals surface area contributed by atoms with Gasteiger partial charge in [-0.25, -0.2) is 0 Å². The third-order valence-corrected chi connectivity index (χ3v) is 6.93. The summed E-state index contributed by atoms with van der Waals surface area (Å²) in [6, 6.07) is 0. The molecule has 2 aliphatic rings. The number of hydrogen-bond donors (Lipinski definition) is 0. The molecular weight excluding hydrogens is 375 g/mol. The number of amides is 1. The molecule has 2 heterocycles. The highest BCUT2D eigenvalue weighted by atomic mass is 32.2. The Morgan fingerprint density at radius 3 is 2.48 bits per heavy atom. The molecule has 0 aromatic heterocycles. The Morgan fingerprint density at radius 2 is 2.00 bits per heavy atom. The summed E-state index contributed by atoms with van der Waals surface area (Å²) in [6.45, 7) is 4.11. The van der Waals surface area contributed by atoms with Crippen LogP contribution in [0.15, 0.2) is 11.3 Å².